The quantitative estimate of drug-likeness (QED) is 0.411. The summed E-state index contributed by atoms with van der Waals surface area (Å²) in [5.41, 5.74) is 4.44. The van der Waals surface area contributed by atoms with Gasteiger partial charge in [-0.1, -0.05) is 35.3 Å². The molecule has 1 aromatic carbocycles. The number of aromatic nitrogens is 4. The summed E-state index contributed by atoms with van der Waals surface area (Å²) in [5.74, 6) is 0. The molecule has 0 saturated heterocycles. The molecule has 2 unspecified atom stereocenters. The van der Waals surface area contributed by atoms with Crippen LogP contribution in [0.3, 0.4) is 0 Å². The lowest BCUT2D eigenvalue weighted by Gasteiger charge is -2.33. The first-order valence-corrected chi connectivity index (χ1v) is 12.1. The van der Waals surface area contributed by atoms with Crippen LogP contribution in [0.2, 0.25) is 10.0 Å². The number of fused-ring (bicyclic) bond motifs is 1. The number of carbonyl (C=O) groups is 1. The molecule has 9 heteroatoms. The van der Waals surface area contributed by atoms with E-state index in [2.05, 4.69) is 11.1 Å². The van der Waals surface area contributed by atoms with Gasteiger partial charge < -0.3 is 9.64 Å². The van der Waals surface area contributed by atoms with Crippen molar-refractivity contribution >= 4 is 46.0 Å². The van der Waals surface area contributed by atoms with Crippen LogP contribution in [0.1, 0.15) is 64.0 Å². The van der Waals surface area contributed by atoms with Gasteiger partial charge in [0.25, 0.3) is 0 Å². The molecule has 34 heavy (non-hydrogen) atoms. The summed E-state index contributed by atoms with van der Waals surface area (Å²) in [6, 6.07) is 5.18. The number of halogens is 2. The SMILES string of the molecule is Cc1nn(C(C)c2ccc(Cl)cc2Cl)c2nc(C3=CC(C)N(C(=O)OC(C)(C)C)CC3)cnc12. The Hall–Kier alpha value is -2.64. The lowest BCUT2D eigenvalue weighted by atomic mass is 10.0. The lowest BCUT2D eigenvalue weighted by molar-refractivity contribution is 0.0209. The number of nitrogens with zero attached hydrogens (tertiary/aromatic N) is 5. The van der Waals surface area contributed by atoms with Crippen LogP contribution >= 0.6 is 23.2 Å². The molecule has 3 heterocycles. The number of hydrogen-bond acceptors (Lipinski definition) is 5. The van der Waals surface area contributed by atoms with Crippen molar-refractivity contribution < 1.29 is 9.53 Å². The van der Waals surface area contributed by atoms with Crippen LogP contribution in [0.5, 0.6) is 0 Å². The van der Waals surface area contributed by atoms with E-state index < -0.39 is 5.60 Å². The Balaban J connectivity index is 1.67. The van der Waals surface area contributed by atoms with Gasteiger partial charge in [0.05, 0.1) is 29.7 Å². The molecule has 1 aliphatic rings. The summed E-state index contributed by atoms with van der Waals surface area (Å²) in [4.78, 5) is 23.9. The van der Waals surface area contributed by atoms with Gasteiger partial charge in [0, 0.05) is 16.6 Å². The average Bonchev–Trinajstić information content (AvgIpc) is 3.08. The van der Waals surface area contributed by atoms with E-state index in [9.17, 15) is 4.79 Å². The first-order valence-electron chi connectivity index (χ1n) is 11.3. The molecule has 0 spiro atoms. The van der Waals surface area contributed by atoms with E-state index in [4.69, 9.17) is 38.0 Å². The molecule has 0 radical (unpaired) electrons. The highest BCUT2D eigenvalue weighted by molar-refractivity contribution is 6.35. The molecule has 0 bridgehead atoms. The van der Waals surface area contributed by atoms with Gasteiger partial charge in [0.15, 0.2) is 5.65 Å². The highest BCUT2D eigenvalue weighted by Gasteiger charge is 2.29. The minimum atomic E-state index is -0.531. The first kappa shape index (κ1) is 24.5. The number of carbonyl (C=O) groups excluding carboxylic acids is 1. The van der Waals surface area contributed by atoms with Gasteiger partial charge >= 0.3 is 6.09 Å². The molecule has 0 fully saturated rings. The Labute approximate surface area is 209 Å². The van der Waals surface area contributed by atoms with Crippen molar-refractivity contribution in [2.75, 3.05) is 6.54 Å². The molecule has 7 nitrogen and oxygen atoms in total. The Morgan fingerprint density at radius 2 is 2.00 bits per heavy atom. The number of hydrogen-bond donors (Lipinski definition) is 0. The molecule has 0 aliphatic carbocycles. The van der Waals surface area contributed by atoms with Crippen molar-refractivity contribution in [2.24, 2.45) is 0 Å². The van der Waals surface area contributed by atoms with Crippen LogP contribution in [0.25, 0.3) is 16.7 Å². The molecular weight excluding hydrogens is 473 g/mol. The van der Waals surface area contributed by atoms with Gasteiger partial charge in [-0.05, 0) is 71.2 Å². The number of aryl methyl sites for hydroxylation is 1. The molecule has 1 amide bonds. The van der Waals surface area contributed by atoms with Crippen molar-refractivity contribution in [2.45, 2.75) is 65.6 Å². The number of amides is 1. The highest BCUT2D eigenvalue weighted by atomic mass is 35.5. The fourth-order valence-corrected chi connectivity index (χ4v) is 4.71. The third kappa shape index (κ3) is 4.91. The predicted octanol–water partition coefficient (Wildman–Crippen LogP) is 6.46. The topological polar surface area (TPSA) is 73.1 Å². The van der Waals surface area contributed by atoms with Gasteiger partial charge in [0.1, 0.15) is 11.1 Å². The summed E-state index contributed by atoms with van der Waals surface area (Å²) in [7, 11) is 0. The minimum absolute atomic E-state index is 0.116. The predicted molar refractivity (Wildman–Crippen MR) is 135 cm³/mol. The van der Waals surface area contributed by atoms with Crippen molar-refractivity contribution in [3.63, 3.8) is 0 Å². The van der Waals surface area contributed by atoms with Gasteiger partial charge in [-0.2, -0.15) is 5.10 Å². The maximum atomic E-state index is 12.6. The molecule has 3 aromatic rings. The molecule has 1 aliphatic heterocycles. The second kappa shape index (κ2) is 9.19. The number of rotatable bonds is 3. The van der Waals surface area contributed by atoms with Gasteiger partial charge in [0.2, 0.25) is 0 Å². The summed E-state index contributed by atoms with van der Waals surface area (Å²) in [6.07, 6.45) is 4.19. The monoisotopic (exact) mass is 501 g/mol. The van der Waals surface area contributed by atoms with E-state index in [1.54, 1.807) is 17.2 Å². The summed E-state index contributed by atoms with van der Waals surface area (Å²) in [5, 5.41) is 5.88. The number of benzene rings is 1. The zero-order valence-corrected chi connectivity index (χ0v) is 21.8. The van der Waals surface area contributed by atoms with E-state index in [1.807, 2.05) is 58.4 Å². The summed E-state index contributed by atoms with van der Waals surface area (Å²) >= 11 is 12.5. The van der Waals surface area contributed by atoms with E-state index in [-0.39, 0.29) is 18.2 Å². The highest BCUT2D eigenvalue weighted by Crippen LogP contribution is 2.32. The Bertz CT molecular complexity index is 1280. The molecule has 2 atom stereocenters. The van der Waals surface area contributed by atoms with Crippen molar-refractivity contribution in [1.82, 2.24) is 24.6 Å². The average molecular weight is 502 g/mol. The largest absolute Gasteiger partial charge is 0.444 e. The smallest absolute Gasteiger partial charge is 0.410 e. The Morgan fingerprint density at radius 1 is 1.26 bits per heavy atom. The standard InChI is InChI=1S/C25H29Cl2N5O2/c1-14-11-17(9-10-31(14)24(33)34-25(4,5)6)21-13-28-22-15(2)30-32(23(22)29-21)16(3)19-8-7-18(26)12-20(19)27/h7-8,11-14,16H,9-10H2,1-6H3. The maximum Gasteiger partial charge on any atom is 0.410 e. The third-order valence-corrected chi connectivity index (χ3v) is 6.43. The van der Waals surface area contributed by atoms with Crippen LogP contribution < -0.4 is 0 Å². The van der Waals surface area contributed by atoms with E-state index in [0.717, 1.165) is 28.0 Å². The molecule has 0 N–H and O–H groups in total. The normalized spacial score (nSPS) is 17.6. The molecule has 4 rings (SSSR count). The van der Waals surface area contributed by atoms with Gasteiger partial charge in [-0.15, -0.1) is 0 Å². The fraction of sp³-hybridized carbons (Fsp3) is 0.440. The minimum Gasteiger partial charge on any atom is -0.444 e. The molecule has 180 valence electrons. The summed E-state index contributed by atoms with van der Waals surface area (Å²) in [6.45, 7) is 12.1. The zero-order chi connectivity index (χ0) is 24.8. The first-order chi connectivity index (χ1) is 15.9. The van der Waals surface area contributed by atoms with Crippen LogP contribution in [0.4, 0.5) is 4.79 Å². The zero-order valence-electron chi connectivity index (χ0n) is 20.3. The van der Waals surface area contributed by atoms with Crippen molar-refractivity contribution in [3.8, 4) is 0 Å². The Kier molecular flexibility index (Phi) is 6.62. The van der Waals surface area contributed by atoms with Crippen LogP contribution in [0, 0.1) is 6.92 Å². The number of ether oxygens (including phenoxy) is 1. The van der Waals surface area contributed by atoms with Gasteiger partial charge in [-0.25, -0.2) is 19.4 Å². The van der Waals surface area contributed by atoms with E-state index in [0.29, 0.717) is 28.7 Å². The molecule has 2 aromatic heterocycles. The van der Waals surface area contributed by atoms with E-state index in [1.165, 1.54) is 0 Å². The lowest BCUT2D eigenvalue weighted by Crippen LogP contribution is -2.43. The molecular formula is C25H29Cl2N5O2. The Morgan fingerprint density at radius 3 is 2.65 bits per heavy atom. The maximum absolute atomic E-state index is 12.6. The van der Waals surface area contributed by atoms with Crippen LogP contribution in [-0.2, 0) is 4.74 Å². The second-order valence-corrected chi connectivity index (χ2v) is 10.5. The van der Waals surface area contributed by atoms with Crippen molar-refractivity contribution in [3.05, 3.63) is 57.5 Å². The van der Waals surface area contributed by atoms with Crippen LogP contribution in [0.15, 0.2) is 30.5 Å². The second-order valence-electron chi connectivity index (χ2n) is 9.66. The van der Waals surface area contributed by atoms with Crippen molar-refractivity contribution in [1.29, 1.82) is 0 Å². The van der Waals surface area contributed by atoms with Gasteiger partial charge in [-0.3, -0.25) is 0 Å². The third-order valence-electron chi connectivity index (χ3n) is 5.86. The molecule has 0 saturated carbocycles. The van der Waals surface area contributed by atoms with E-state index >= 15 is 0 Å². The fourth-order valence-electron chi connectivity index (χ4n) is 4.15. The summed E-state index contributed by atoms with van der Waals surface area (Å²) < 4.78 is 7.41. The van der Waals surface area contributed by atoms with Crippen LogP contribution in [-0.4, -0.2) is 48.9 Å².